The van der Waals surface area contributed by atoms with Gasteiger partial charge in [0.15, 0.2) is 17.5 Å². The number of benzene rings is 1. The molecule has 0 aliphatic carbocycles. The Morgan fingerprint density at radius 2 is 2.17 bits per heavy atom. The second-order valence-corrected chi connectivity index (χ2v) is 6.29. The number of para-hydroxylation sites is 1. The summed E-state index contributed by atoms with van der Waals surface area (Å²) in [6.45, 7) is 5.88. The number of nitrogens with one attached hydrogen (secondary N) is 2. The van der Waals surface area contributed by atoms with Crippen molar-refractivity contribution in [1.82, 2.24) is 15.6 Å². The van der Waals surface area contributed by atoms with Crippen LogP contribution < -0.4 is 15.4 Å². The molecule has 6 nitrogen and oxygen atoms in total. The van der Waals surface area contributed by atoms with E-state index in [4.69, 9.17) is 4.74 Å². The average Bonchev–Trinajstić information content (AvgIpc) is 3.06. The number of hydrogen-bond acceptors (Lipinski definition) is 5. The van der Waals surface area contributed by atoms with Crippen molar-refractivity contribution in [1.29, 1.82) is 0 Å². The average molecular weight is 348 g/mol. The maximum absolute atomic E-state index is 10.1. The summed E-state index contributed by atoms with van der Waals surface area (Å²) in [4.78, 5) is 10.2. The quantitative estimate of drug-likeness (QED) is 0.530. The smallest absolute Gasteiger partial charge is 0.191 e. The molecule has 0 atom stereocenters. The first kappa shape index (κ1) is 18.1. The van der Waals surface area contributed by atoms with Gasteiger partial charge in [-0.2, -0.15) is 0 Å². The lowest BCUT2D eigenvalue weighted by atomic mass is 10.2. The van der Waals surface area contributed by atoms with E-state index < -0.39 is 0 Å². The number of methoxy groups -OCH3 is 1. The van der Waals surface area contributed by atoms with Crippen LogP contribution in [0.1, 0.15) is 29.3 Å². The number of aryl methyl sites for hydroxylation is 1. The van der Waals surface area contributed by atoms with Gasteiger partial charge in [-0.15, -0.1) is 11.3 Å². The molecule has 0 aliphatic heterocycles. The molecule has 2 aromatic rings. The molecule has 0 unspecified atom stereocenters. The van der Waals surface area contributed by atoms with Crippen molar-refractivity contribution in [2.24, 2.45) is 4.99 Å². The van der Waals surface area contributed by atoms with E-state index in [1.54, 1.807) is 17.4 Å². The minimum Gasteiger partial charge on any atom is -0.504 e. The number of hydrogen-bond donors (Lipinski definition) is 3. The normalized spacial score (nSPS) is 11.4. The van der Waals surface area contributed by atoms with Crippen molar-refractivity contribution in [3.05, 3.63) is 39.8 Å². The van der Waals surface area contributed by atoms with Gasteiger partial charge in [-0.05, 0) is 19.4 Å². The fraction of sp³-hybridized carbons (Fsp3) is 0.412. The van der Waals surface area contributed by atoms with Crippen molar-refractivity contribution in [3.63, 3.8) is 0 Å². The van der Waals surface area contributed by atoms with Gasteiger partial charge in [-0.1, -0.05) is 19.1 Å². The molecule has 0 amide bonds. The molecular weight excluding hydrogens is 324 g/mol. The van der Waals surface area contributed by atoms with Crippen LogP contribution >= 0.6 is 11.3 Å². The second kappa shape index (κ2) is 9.12. The third-order valence-electron chi connectivity index (χ3n) is 3.41. The Hall–Kier alpha value is -2.28. The lowest BCUT2D eigenvalue weighted by molar-refractivity contribution is 0.370. The molecule has 0 saturated heterocycles. The highest BCUT2D eigenvalue weighted by Crippen LogP contribution is 2.29. The van der Waals surface area contributed by atoms with Crippen LogP contribution in [-0.2, 0) is 19.5 Å². The zero-order valence-electron chi connectivity index (χ0n) is 14.3. The number of rotatable bonds is 7. The van der Waals surface area contributed by atoms with Gasteiger partial charge in [0.2, 0.25) is 0 Å². The van der Waals surface area contributed by atoms with Crippen LogP contribution in [0.3, 0.4) is 0 Å². The van der Waals surface area contributed by atoms with Crippen molar-refractivity contribution in [3.8, 4) is 11.5 Å². The van der Waals surface area contributed by atoms with E-state index in [-0.39, 0.29) is 5.75 Å². The lowest BCUT2D eigenvalue weighted by Gasteiger charge is -2.11. The summed E-state index contributed by atoms with van der Waals surface area (Å²) in [7, 11) is 1.53. The maximum atomic E-state index is 10.1. The number of phenolic OH excluding ortho intramolecular Hbond substituents is 1. The predicted molar refractivity (Wildman–Crippen MR) is 97.8 cm³/mol. The first-order valence-corrected chi connectivity index (χ1v) is 8.80. The molecule has 1 heterocycles. The lowest BCUT2D eigenvalue weighted by Crippen LogP contribution is -2.36. The van der Waals surface area contributed by atoms with Crippen LogP contribution in [-0.4, -0.2) is 29.7 Å². The van der Waals surface area contributed by atoms with Gasteiger partial charge in [0.25, 0.3) is 0 Å². The molecule has 1 aromatic heterocycles. The SMILES string of the molecule is CCNC(=NCc1cccc(OC)c1O)NCc1ncc(CC)s1. The van der Waals surface area contributed by atoms with Crippen LogP contribution in [0.2, 0.25) is 0 Å². The van der Waals surface area contributed by atoms with E-state index in [1.807, 2.05) is 25.3 Å². The number of aromatic hydroxyl groups is 1. The second-order valence-electron chi connectivity index (χ2n) is 5.09. The van der Waals surface area contributed by atoms with Crippen molar-refractivity contribution in [2.75, 3.05) is 13.7 Å². The molecule has 0 fully saturated rings. The molecule has 2 rings (SSSR count). The topological polar surface area (TPSA) is 78.8 Å². The third-order valence-corrected chi connectivity index (χ3v) is 4.55. The van der Waals surface area contributed by atoms with Crippen molar-refractivity contribution >= 4 is 17.3 Å². The van der Waals surface area contributed by atoms with Gasteiger partial charge in [-0.25, -0.2) is 9.98 Å². The summed E-state index contributed by atoms with van der Waals surface area (Å²) < 4.78 is 5.12. The largest absolute Gasteiger partial charge is 0.504 e. The van der Waals surface area contributed by atoms with E-state index in [0.717, 1.165) is 18.0 Å². The number of guanidine groups is 1. The summed E-state index contributed by atoms with van der Waals surface area (Å²) >= 11 is 1.70. The first-order valence-electron chi connectivity index (χ1n) is 7.98. The predicted octanol–water partition coefficient (Wildman–Crippen LogP) is 2.68. The molecule has 0 bridgehead atoms. The number of aromatic nitrogens is 1. The first-order chi connectivity index (χ1) is 11.7. The Morgan fingerprint density at radius 3 is 2.83 bits per heavy atom. The summed E-state index contributed by atoms with van der Waals surface area (Å²) in [5, 5.41) is 17.6. The summed E-state index contributed by atoms with van der Waals surface area (Å²) in [5.74, 6) is 1.27. The van der Waals surface area contributed by atoms with E-state index >= 15 is 0 Å². The molecule has 0 aliphatic rings. The molecule has 130 valence electrons. The Bertz CT molecular complexity index is 685. The Kier molecular flexibility index (Phi) is 6.87. The Labute approximate surface area is 146 Å². The van der Waals surface area contributed by atoms with Gasteiger partial charge in [0, 0.05) is 23.2 Å². The monoisotopic (exact) mass is 348 g/mol. The molecular formula is C17H24N4O2S. The molecule has 1 aromatic carbocycles. The number of phenols is 1. The zero-order chi connectivity index (χ0) is 17.4. The zero-order valence-corrected chi connectivity index (χ0v) is 15.1. The maximum Gasteiger partial charge on any atom is 0.191 e. The highest BCUT2D eigenvalue weighted by Gasteiger charge is 2.07. The minimum atomic E-state index is 0.132. The van der Waals surface area contributed by atoms with Crippen molar-refractivity contribution < 1.29 is 9.84 Å². The standard InChI is InChI=1S/C17H24N4O2S/c1-4-13-10-19-15(24-13)11-21-17(18-5-2)20-9-12-7-6-8-14(23-3)16(12)22/h6-8,10,22H,4-5,9,11H2,1-3H3,(H2,18,20,21). The summed E-state index contributed by atoms with van der Waals surface area (Å²) in [5.41, 5.74) is 0.717. The Balaban J connectivity index is 2.02. The van der Waals surface area contributed by atoms with E-state index in [0.29, 0.717) is 30.4 Å². The molecule has 0 radical (unpaired) electrons. The van der Waals surface area contributed by atoms with Gasteiger partial charge < -0.3 is 20.5 Å². The van der Waals surface area contributed by atoms with Crippen molar-refractivity contribution in [2.45, 2.75) is 33.4 Å². The molecule has 7 heteroatoms. The van der Waals surface area contributed by atoms with Crippen LogP contribution in [0.15, 0.2) is 29.4 Å². The molecule has 24 heavy (non-hydrogen) atoms. The van der Waals surface area contributed by atoms with Crippen LogP contribution in [0.5, 0.6) is 11.5 Å². The third kappa shape index (κ3) is 4.86. The van der Waals surface area contributed by atoms with Crippen LogP contribution in [0.25, 0.3) is 0 Å². The fourth-order valence-corrected chi connectivity index (χ4v) is 2.92. The summed E-state index contributed by atoms with van der Waals surface area (Å²) in [6.07, 6.45) is 2.92. The molecule has 0 saturated carbocycles. The van der Waals surface area contributed by atoms with E-state index in [9.17, 15) is 5.11 Å². The van der Waals surface area contributed by atoms with E-state index in [1.165, 1.54) is 12.0 Å². The molecule has 3 N–H and O–H groups in total. The minimum absolute atomic E-state index is 0.132. The number of aliphatic imine (C=N–C) groups is 1. The van der Waals surface area contributed by atoms with Gasteiger partial charge >= 0.3 is 0 Å². The molecule has 0 spiro atoms. The van der Waals surface area contributed by atoms with Gasteiger partial charge in [-0.3, -0.25) is 0 Å². The van der Waals surface area contributed by atoms with Crippen LogP contribution in [0, 0.1) is 0 Å². The number of ether oxygens (including phenoxy) is 1. The van der Waals surface area contributed by atoms with Gasteiger partial charge in [0.05, 0.1) is 20.2 Å². The van der Waals surface area contributed by atoms with Crippen LogP contribution in [0.4, 0.5) is 0 Å². The Morgan fingerprint density at radius 1 is 1.33 bits per heavy atom. The highest BCUT2D eigenvalue weighted by atomic mass is 32.1. The highest BCUT2D eigenvalue weighted by molar-refractivity contribution is 7.11. The number of nitrogens with zero attached hydrogens (tertiary/aromatic N) is 2. The number of thiazole rings is 1. The van der Waals surface area contributed by atoms with Gasteiger partial charge in [0.1, 0.15) is 5.01 Å². The summed E-state index contributed by atoms with van der Waals surface area (Å²) in [6, 6.07) is 5.39. The van der Waals surface area contributed by atoms with E-state index in [2.05, 4.69) is 27.5 Å². The fourth-order valence-electron chi connectivity index (χ4n) is 2.12.